The van der Waals surface area contributed by atoms with E-state index in [-0.39, 0.29) is 0 Å². The van der Waals surface area contributed by atoms with E-state index in [0.717, 1.165) is 41.6 Å². The number of rotatable bonds is 3. The molecule has 0 amide bonds. The Hall–Kier alpha value is -1.15. The highest BCUT2D eigenvalue weighted by Gasteiger charge is 2.36. The molecule has 1 saturated carbocycles. The van der Waals surface area contributed by atoms with Gasteiger partial charge in [0.25, 0.3) is 0 Å². The fourth-order valence-corrected chi connectivity index (χ4v) is 4.36. The van der Waals surface area contributed by atoms with Crippen LogP contribution >= 0.6 is 0 Å². The number of carbonyl (C=O) groups excluding carboxylic acids is 1. The van der Waals surface area contributed by atoms with E-state index in [1.807, 2.05) is 0 Å². The number of hydrogen-bond acceptors (Lipinski definition) is 2. The zero-order chi connectivity index (χ0) is 14.3. The van der Waals surface area contributed by atoms with Crippen molar-refractivity contribution in [2.75, 3.05) is 19.6 Å². The van der Waals surface area contributed by atoms with Crippen molar-refractivity contribution in [2.24, 2.45) is 11.8 Å². The Balaban J connectivity index is 1.71. The molecule has 1 aliphatic heterocycles. The van der Waals surface area contributed by atoms with Crippen molar-refractivity contribution in [3.05, 3.63) is 34.4 Å². The SMILES string of the molecule is Cc1cc(C)c(C(=O)CN2CC3CCCC3C2)c(C)c1. The minimum Gasteiger partial charge on any atom is -0.295 e. The van der Waals surface area contributed by atoms with E-state index in [2.05, 4.69) is 37.8 Å². The summed E-state index contributed by atoms with van der Waals surface area (Å²) in [6.45, 7) is 9.10. The zero-order valence-electron chi connectivity index (χ0n) is 12.9. The summed E-state index contributed by atoms with van der Waals surface area (Å²) in [5, 5.41) is 0. The third-order valence-corrected chi connectivity index (χ3v) is 5.12. The zero-order valence-corrected chi connectivity index (χ0v) is 12.9. The van der Waals surface area contributed by atoms with Gasteiger partial charge in [-0.3, -0.25) is 9.69 Å². The van der Waals surface area contributed by atoms with Crippen LogP contribution in [-0.2, 0) is 0 Å². The van der Waals surface area contributed by atoms with E-state index in [0.29, 0.717) is 12.3 Å². The van der Waals surface area contributed by atoms with E-state index in [1.54, 1.807) is 0 Å². The van der Waals surface area contributed by atoms with Crippen molar-refractivity contribution in [1.82, 2.24) is 4.90 Å². The van der Waals surface area contributed by atoms with Crippen molar-refractivity contribution >= 4 is 5.78 Å². The van der Waals surface area contributed by atoms with Gasteiger partial charge in [-0.05, 0) is 56.6 Å². The predicted octanol–water partition coefficient (Wildman–Crippen LogP) is 3.53. The van der Waals surface area contributed by atoms with E-state index in [4.69, 9.17) is 0 Å². The molecule has 1 aliphatic carbocycles. The second kappa shape index (κ2) is 5.33. The van der Waals surface area contributed by atoms with Crippen LogP contribution in [-0.4, -0.2) is 30.3 Å². The fraction of sp³-hybridized carbons (Fsp3) is 0.611. The van der Waals surface area contributed by atoms with E-state index in [9.17, 15) is 4.79 Å². The molecular formula is C18H25NO. The van der Waals surface area contributed by atoms with Crippen LogP contribution in [0.15, 0.2) is 12.1 Å². The lowest BCUT2D eigenvalue weighted by Gasteiger charge is -2.18. The summed E-state index contributed by atoms with van der Waals surface area (Å²) in [5.74, 6) is 2.03. The first-order valence-electron chi connectivity index (χ1n) is 7.88. The van der Waals surface area contributed by atoms with Gasteiger partial charge in [0.05, 0.1) is 6.54 Å². The van der Waals surface area contributed by atoms with E-state index in [1.165, 1.54) is 24.8 Å². The van der Waals surface area contributed by atoms with E-state index >= 15 is 0 Å². The van der Waals surface area contributed by atoms with Gasteiger partial charge in [-0.25, -0.2) is 0 Å². The van der Waals surface area contributed by atoms with Gasteiger partial charge in [-0.1, -0.05) is 24.1 Å². The van der Waals surface area contributed by atoms with Gasteiger partial charge in [-0.2, -0.15) is 0 Å². The van der Waals surface area contributed by atoms with Crippen LogP contribution in [0.5, 0.6) is 0 Å². The molecule has 1 aromatic carbocycles. The van der Waals surface area contributed by atoms with Gasteiger partial charge in [-0.15, -0.1) is 0 Å². The third-order valence-electron chi connectivity index (χ3n) is 5.12. The molecule has 2 atom stereocenters. The van der Waals surface area contributed by atoms with Gasteiger partial charge in [0.2, 0.25) is 0 Å². The molecule has 0 bridgehead atoms. The minimum atomic E-state index is 0.306. The van der Waals surface area contributed by atoms with Gasteiger partial charge in [0, 0.05) is 18.7 Å². The number of hydrogen-bond donors (Lipinski definition) is 0. The summed E-state index contributed by atoms with van der Waals surface area (Å²) in [7, 11) is 0. The maximum atomic E-state index is 12.6. The van der Waals surface area contributed by atoms with Gasteiger partial charge >= 0.3 is 0 Å². The molecule has 2 heteroatoms. The predicted molar refractivity (Wildman–Crippen MR) is 82.3 cm³/mol. The van der Waals surface area contributed by atoms with Crippen LogP contribution < -0.4 is 0 Å². The number of fused-ring (bicyclic) bond motifs is 1. The molecule has 1 heterocycles. The molecule has 20 heavy (non-hydrogen) atoms. The number of carbonyl (C=O) groups is 1. The van der Waals surface area contributed by atoms with Gasteiger partial charge in [0.1, 0.15) is 0 Å². The molecule has 2 fully saturated rings. The Morgan fingerprint density at radius 1 is 1.10 bits per heavy atom. The number of likely N-dealkylation sites (tertiary alicyclic amines) is 1. The maximum absolute atomic E-state index is 12.6. The lowest BCUT2D eigenvalue weighted by atomic mass is 9.96. The molecule has 0 N–H and O–H groups in total. The second-order valence-electron chi connectivity index (χ2n) is 6.84. The normalized spacial score (nSPS) is 25.9. The minimum absolute atomic E-state index is 0.306. The largest absolute Gasteiger partial charge is 0.295 e. The fourth-order valence-electron chi connectivity index (χ4n) is 4.36. The van der Waals surface area contributed by atoms with Crippen LogP contribution in [0, 0.1) is 32.6 Å². The van der Waals surface area contributed by atoms with Crippen molar-refractivity contribution in [3.63, 3.8) is 0 Å². The Bertz CT molecular complexity index is 499. The average Bonchev–Trinajstić information content (AvgIpc) is 2.87. The van der Waals surface area contributed by atoms with Crippen molar-refractivity contribution < 1.29 is 4.79 Å². The Morgan fingerprint density at radius 3 is 2.20 bits per heavy atom. The topological polar surface area (TPSA) is 20.3 Å². The highest BCUT2D eigenvalue weighted by molar-refractivity contribution is 6.00. The second-order valence-corrected chi connectivity index (χ2v) is 6.84. The molecule has 0 radical (unpaired) electrons. The lowest BCUT2D eigenvalue weighted by molar-refractivity contribution is 0.0939. The number of Topliss-reactive ketones (excluding diaryl/α,β-unsaturated/α-hetero) is 1. The standard InChI is InChI=1S/C18H25NO/c1-12-7-13(2)18(14(3)8-12)17(20)11-19-9-15-5-4-6-16(15)10-19/h7-8,15-16H,4-6,9-11H2,1-3H3. The molecule has 2 unspecified atom stereocenters. The Kier molecular flexibility index (Phi) is 3.68. The first-order valence-corrected chi connectivity index (χ1v) is 7.88. The first kappa shape index (κ1) is 13.8. The highest BCUT2D eigenvalue weighted by Crippen LogP contribution is 2.37. The number of ketones is 1. The summed E-state index contributed by atoms with van der Waals surface area (Å²) in [4.78, 5) is 15.0. The van der Waals surface area contributed by atoms with Crippen molar-refractivity contribution in [1.29, 1.82) is 0 Å². The first-order chi connectivity index (χ1) is 9.54. The quantitative estimate of drug-likeness (QED) is 0.784. The number of nitrogens with zero attached hydrogens (tertiary/aromatic N) is 1. The van der Waals surface area contributed by atoms with Gasteiger partial charge in [0.15, 0.2) is 5.78 Å². The monoisotopic (exact) mass is 271 g/mol. The van der Waals surface area contributed by atoms with Gasteiger partial charge < -0.3 is 0 Å². The lowest BCUT2D eigenvalue weighted by Crippen LogP contribution is -2.29. The van der Waals surface area contributed by atoms with Crippen LogP contribution in [0.2, 0.25) is 0 Å². The number of benzene rings is 1. The molecular weight excluding hydrogens is 246 g/mol. The van der Waals surface area contributed by atoms with Crippen molar-refractivity contribution in [3.8, 4) is 0 Å². The molecule has 0 spiro atoms. The van der Waals surface area contributed by atoms with Crippen LogP contribution in [0.25, 0.3) is 0 Å². The average molecular weight is 271 g/mol. The van der Waals surface area contributed by atoms with Crippen LogP contribution in [0.4, 0.5) is 0 Å². The molecule has 2 nitrogen and oxygen atoms in total. The van der Waals surface area contributed by atoms with Crippen LogP contribution in [0.3, 0.4) is 0 Å². The molecule has 2 aliphatic rings. The maximum Gasteiger partial charge on any atom is 0.177 e. The summed E-state index contributed by atoms with van der Waals surface area (Å²) in [6.07, 6.45) is 4.14. The summed E-state index contributed by atoms with van der Waals surface area (Å²) in [5.41, 5.74) is 4.46. The summed E-state index contributed by atoms with van der Waals surface area (Å²) in [6, 6.07) is 4.25. The third kappa shape index (κ3) is 2.54. The molecule has 108 valence electrons. The smallest absolute Gasteiger partial charge is 0.177 e. The van der Waals surface area contributed by atoms with Crippen LogP contribution in [0.1, 0.15) is 46.3 Å². The molecule has 1 aromatic rings. The summed E-state index contributed by atoms with van der Waals surface area (Å²) >= 11 is 0. The molecule has 0 aromatic heterocycles. The van der Waals surface area contributed by atoms with E-state index < -0.39 is 0 Å². The Labute approximate surface area is 122 Å². The molecule has 1 saturated heterocycles. The number of aryl methyl sites for hydroxylation is 3. The highest BCUT2D eigenvalue weighted by atomic mass is 16.1. The molecule has 3 rings (SSSR count). The summed E-state index contributed by atoms with van der Waals surface area (Å²) < 4.78 is 0. The Morgan fingerprint density at radius 2 is 1.65 bits per heavy atom. The van der Waals surface area contributed by atoms with Crippen molar-refractivity contribution in [2.45, 2.75) is 40.0 Å².